The number of alkyl halides is 3. The lowest BCUT2D eigenvalue weighted by Gasteiger charge is -2.30. The van der Waals surface area contributed by atoms with E-state index in [2.05, 4.69) is 0 Å². The molecule has 10 heteroatoms. The van der Waals surface area contributed by atoms with E-state index >= 15 is 0 Å². The molecular weight excluding hydrogens is 434 g/mol. The van der Waals surface area contributed by atoms with Crippen LogP contribution in [0.3, 0.4) is 0 Å². The summed E-state index contributed by atoms with van der Waals surface area (Å²) in [5.41, 5.74) is 0.942. The maximum atomic E-state index is 12.9. The Balaban J connectivity index is 1.67. The molecule has 1 aromatic rings. The van der Waals surface area contributed by atoms with E-state index in [4.69, 9.17) is 27.9 Å². The number of amides is 1. The van der Waals surface area contributed by atoms with Crippen molar-refractivity contribution in [3.63, 3.8) is 0 Å². The van der Waals surface area contributed by atoms with Crippen LogP contribution in [0, 0.1) is 5.92 Å². The van der Waals surface area contributed by atoms with Crippen LogP contribution in [0.5, 0.6) is 11.5 Å². The largest absolute Gasteiger partial charge is 0.503 e. The van der Waals surface area contributed by atoms with Crippen LogP contribution in [0.15, 0.2) is 23.3 Å². The molecule has 158 valence electrons. The lowest BCUT2D eigenvalue weighted by molar-refractivity contribution is -0.0986. The molecule has 1 aromatic carbocycles. The van der Waals surface area contributed by atoms with E-state index in [-0.39, 0.29) is 36.2 Å². The van der Waals surface area contributed by atoms with Crippen molar-refractivity contribution in [2.24, 2.45) is 5.92 Å². The second kappa shape index (κ2) is 7.99. The van der Waals surface area contributed by atoms with Gasteiger partial charge in [-0.05, 0) is 35.5 Å². The number of aromatic hydroxyl groups is 2. The van der Waals surface area contributed by atoms with Gasteiger partial charge >= 0.3 is 12.3 Å². The van der Waals surface area contributed by atoms with Gasteiger partial charge in [0.1, 0.15) is 6.61 Å². The van der Waals surface area contributed by atoms with E-state index in [0.29, 0.717) is 23.1 Å². The quantitative estimate of drug-likeness (QED) is 0.594. The van der Waals surface area contributed by atoms with Crippen LogP contribution in [0.4, 0.5) is 18.0 Å². The lowest BCUT2D eigenvalue weighted by Crippen LogP contribution is -2.37. The number of halogens is 5. The van der Waals surface area contributed by atoms with Gasteiger partial charge in [-0.2, -0.15) is 13.2 Å². The van der Waals surface area contributed by atoms with Crippen molar-refractivity contribution in [3.05, 3.63) is 44.5 Å². The summed E-state index contributed by atoms with van der Waals surface area (Å²) >= 11 is 12.1. The van der Waals surface area contributed by atoms with E-state index in [0.717, 1.165) is 6.08 Å². The molecule has 0 saturated heterocycles. The minimum atomic E-state index is -4.38. The van der Waals surface area contributed by atoms with Gasteiger partial charge < -0.3 is 19.8 Å². The van der Waals surface area contributed by atoms with Crippen LogP contribution in [-0.2, 0) is 17.7 Å². The zero-order valence-corrected chi connectivity index (χ0v) is 16.8. The standard InChI is InChI=1S/C19H18Cl2F3NO4/c1-9-6-10(2-3-13(9)19(22,23)24)8-29-18(28)25-5-4-11-12(7-25)15(21)17(27)16(26)14(11)20/h2-3,9,26-27H,4-8H2,1H3. The number of ether oxygens (including phenoxy) is 1. The third kappa shape index (κ3) is 4.28. The first-order chi connectivity index (χ1) is 13.5. The van der Waals surface area contributed by atoms with Gasteiger partial charge in [0.2, 0.25) is 0 Å². The summed E-state index contributed by atoms with van der Waals surface area (Å²) in [6.45, 7) is 1.63. The molecule has 1 amide bonds. The molecule has 1 heterocycles. The molecule has 1 aliphatic heterocycles. The van der Waals surface area contributed by atoms with Crippen LogP contribution < -0.4 is 0 Å². The van der Waals surface area contributed by atoms with Gasteiger partial charge in [-0.3, -0.25) is 0 Å². The van der Waals surface area contributed by atoms with Crippen LogP contribution in [-0.4, -0.2) is 40.5 Å². The summed E-state index contributed by atoms with van der Waals surface area (Å²) < 4.78 is 43.9. The number of nitrogens with zero attached hydrogens (tertiary/aromatic N) is 1. The average Bonchev–Trinajstić information content (AvgIpc) is 2.67. The summed E-state index contributed by atoms with van der Waals surface area (Å²) in [4.78, 5) is 13.7. The Morgan fingerprint density at radius 2 is 1.83 bits per heavy atom. The maximum absolute atomic E-state index is 12.9. The fourth-order valence-corrected chi connectivity index (χ4v) is 4.09. The number of hydrogen-bond donors (Lipinski definition) is 2. The first-order valence-electron chi connectivity index (χ1n) is 8.79. The second-order valence-electron chi connectivity index (χ2n) is 7.06. The molecule has 1 unspecified atom stereocenters. The van der Waals surface area contributed by atoms with Gasteiger partial charge in [-0.15, -0.1) is 0 Å². The first kappa shape index (κ1) is 21.6. The van der Waals surface area contributed by atoms with Crippen LogP contribution in [0.2, 0.25) is 10.0 Å². The average molecular weight is 452 g/mol. The van der Waals surface area contributed by atoms with Crippen LogP contribution in [0.1, 0.15) is 24.5 Å². The molecule has 0 fully saturated rings. The van der Waals surface area contributed by atoms with E-state index in [1.165, 1.54) is 17.9 Å². The molecule has 0 aromatic heterocycles. The molecule has 0 saturated carbocycles. The minimum Gasteiger partial charge on any atom is -0.503 e. The molecule has 1 aliphatic carbocycles. The Morgan fingerprint density at radius 1 is 1.21 bits per heavy atom. The van der Waals surface area contributed by atoms with Crippen LogP contribution >= 0.6 is 23.2 Å². The van der Waals surface area contributed by atoms with Crippen molar-refractivity contribution >= 4 is 29.3 Å². The third-order valence-corrected chi connectivity index (χ3v) is 5.89. The number of hydrogen-bond acceptors (Lipinski definition) is 4. The monoisotopic (exact) mass is 451 g/mol. The SMILES string of the molecule is CC1CC(COC(=O)N2CCc3c(Cl)c(O)c(O)c(Cl)c3C2)=CC=C1C(F)(F)F. The number of allylic oxidation sites excluding steroid dienone is 3. The molecule has 2 N–H and O–H groups in total. The van der Waals surface area contributed by atoms with Gasteiger partial charge in [0.05, 0.1) is 16.6 Å². The Hall–Kier alpha value is -2.06. The Labute approximate surface area is 175 Å². The summed E-state index contributed by atoms with van der Waals surface area (Å²) in [6.07, 6.45) is -2.23. The van der Waals surface area contributed by atoms with Gasteiger partial charge in [0.15, 0.2) is 11.5 Å². The number of phenols is 2. The smallest absolute Gasteiger partial charge is 0.412 e. The van der Waals surface area contributed by atoms with Crippen molar-refractivity contribution in [1.82, 2.24) is 4.90 Å². The lowest BCUT2D eigenvalue weighted by atomic mass is 9.88. The number of phenolic OH excluding ortho intramolecular Hbond substituents is 2. The maximum Gasteiger partial charge on any atom is 0.412 e. The van der Waals surface area contributed by atoms with E-state index in [9.17, 15) is 28.2 Å². The molecule has 29 heavy (non-hydrogen) atoms. The molecule has 2 aliphatic rings. The van der Waals surface area contributed by atoms with Gasteiger partial charge in [0, 0.05) is 12.1 Å². The van der Waals surface area contributed by atoms with E-state index < -0.39 is 35.3 Å². The summed E-state index contributed by atoms with van der Waals surface area (Å²) in [5.74, 6) is -1.78. The predicted molar refractivity (Wildman–Crippen MR) is 101 cm³/mol. The first-order valence-corrected chi connectivity index (χ1v) is 9.55. The van der Waals surface area contributed by atoms with Gasteiger partial charge in [-0.1, -0.05) is 42.3 Å². The van der Waals surface area contributed by atoms with Gasteiger partial charge in [0.25, 0.3) is 0 Å². The highest BCUT2D eigenvalue weighted by Crippen LogP contribution is 2.46. The summed E-state index contributed by atoms with van der Waals surface area (Å²) in [6, 6.07) is 0. The molecular formula is C19H18Cl2F3NO4. The number of fused-ring (bicyclic) bond motifs is 1. The predicted octanol–water partition coefficient (Wildman–Crippen LogP) is 5.35. The number of carbonyl (C=O) groups is 1. The summed E-state index contributed by atoms with van der Waals surface area (Å²) in [7, 11) is 0. The van der Waals surface area contributed by atoms with Crippen molar-refractivity contribution in [1.29, 1.82) is 0 Å². The Morgan fingerprint density at radius 3 is 2.41 bits per heavy atom. The van der Waals surface area contributed by atoms with Crippen LogP contribution in [0.25, 0.3) is 0 Å². The Bertz CT molecular complexity index is 912. The van der Waals surface area contributed by atoms with Crippen molar-refractivity contribution in [2.45, 2.75) is 32.5 Å². The topological polar surface area (TPSA) is 70.0 Å². The Kier molecular flexibility index (Phi) is 5.96. The second-order valence-corrected chi connectivity index (χ2v) is 7.81. The normalized spacial score (nSPS) is 19.4. The van der Waals surface area contributed by atoms with Crippen molar-refractivity contribution in [2.75, 3.05) is 13.2 Å². The van der Waals surface area contributed by atoms with E-state index in [1.54, 1.807) is 0 Å². The number of carbonyl (C=O) groups excluding carboxylic acids is 1. The van der Waals surface area contributed by atoms with Gasteiger partial charge in [-0.25, -0.2) is 4.79 Å². The van der Waals surface area contributed by atoms with E-state index in [1.807, 2.05) is 0 Å². The fraction of sp³-hybridized carbons (Fsp3) is 0.421. The highest BCUT2D eigenvalue weighted by molar-refractivity contribution is 6.36. The molecule has 0 spiro atoms. The minimum absolute atomic E-state index is 0.0106. The molecule has 0 bridgehead atoms. The zero-order valence-electron chi connectivity index (χ0n) is 15.3. The zero-order chi connectivity index (χ0) is 21.5. The van der Waals surface area contributed by atoms with Crippen molar-refractivity contribution < 1.29 is 32.9 Å². The number of benzene rings is 1. The fourth-order valence-electron chi connectivity index (χ4n) is 3.53. The highest BCUT2D eigenvalue weighted by Gasteiger charge is 2.38. The molecule has 5 nitrogen and oxygen atoms in total. The number of rotatable bonds is 2. The van der Waals surface area contributed by atoms with Crippen molar-refractivity contribution in [3.8, 4) is 11.5 Å². The molecule has 0 radical (unpaired) electrons. The highest BCUT2D eigenvalue weighted by atomic mass is 35.5. The molecule has 1 atom stereocenters. The third-order valence-electron chi connectivity index (χ3n) is 5.08. The molecule has 3 rings (SSSR count). The summed E-state index contributed by atoms with van der Waals surface area (Å²) in [5, 5.41) is 19.5.